The molecule has 158 valence electrons. The number of aryl methyl sites for hydroxylation is 2. The van der Waals surface area contributed by atoms with Gasteiger partial charge in [0, 0.05) is 16.6 Å². The van der Waals surface area contributed by atoms with Gasteiger partial charge in [-0.05, 0) is 25.5 Å². The first kappa shape index (κ1) is 21.5. The molecule has 0 unspecified atom stereocenters. The number of ether oxygens (including phenoxy) is 3. The molecule has 0 aromatic carbocycles. The Morgan fingerprint density at radius 3 is 2.30 bits per heavy atom. The van der Waals surface area contributed by atoms with Gasteiger partial charge in [0.15, 0.2) is 0 Å². The van der Waals surface area contributed by atoms with Crippen LogP contribution < -0.4 is 11.5 Å². The smallest absolute Gasteiger partial charge is 0.350 e. The summed E-state index contributed by atoms with van der Waals surface area (Å²) in [7, 11) is 2.38. The van der Waals surface area contributed by atoms with Gasteiger partial charge in [-0.15, -0.1) is 22.7 Å². The average molecular weight is 450 g/mol. The van der Waals surface area contributed by atoms with Crippen LogP contribution in [0.4, 0.5) is 10.7 Å². The summed E-state index contributed by atoms with van der Waals surface area (Å²) in [5, 5.41) is 0.757. The molecule has 9 nitrogen and oxygen atoms in total. The fourth-order valence-corrected chi connectivity index (χ4v) is 5.12. The van der Waals surface area contributed by atoms with Crippen LogP contribution in [-0.4, -0.2) is 37.1 Å². The minimum atomic E-state index is -0.748. The van der Waals surface area contributed by atoms with Crippen LogP contribution >= 0.6 is 22.7 Å². The second kappa shape index (κ2) is 8.28. The van der Waals surface area contributed by atoms with E-state index in [1.54, 1.807) is 0 Å². The predicted molar refractivity (Wildman–Crippen MR) is 114 cm³/mol. The van der Waals surface area contributed by atoms with Crippen molar-refractivity contribution in [3.63, 3.8) is 0 Å². The van der Waals surface area contributed by atoms with Crippen LogP contribution in [0, 0.1) is 13.8 Å². The number of hydrogen-bond acceptors (Lipinski definition) is 11. The van der Waals surface area contributed by atoms with Crippen molar-refractivity contribution in [3.8, 4) is 0 Å². The number of anilines is 2. The molecular formula is C19H19N3O6S2. The molecule has 0 aliphatic rings. The van der Waals surface area contributed by atoms with Crippen LogP contribution in [0.25, 0.3) is 10.2 Å². The fourth-order valence-electron chi connectivity index (χ4n) is 3.03. The number of carbonyl (C=O) groups is 3. The molecule has 0 aliphatic carbocycles. The summed E-state index contributed by atoms with van der Waals surface area (Å²) in [4.78, 5) is 42.2. The molecule has 3 aromatic heterocycles. The van der Waals surface area contributed by atoms with Gasteiger partial charge in [0.25, 0.3) is 0 Å². The van der Waals surface area contributed by atoms with Crippen LogP contribution in [0.3, 0.4) is 0 Å². The summed E-state index contributed by atoms with van der Waals surface area (Å²) < 4.78 is 14.8. The quantitative estimate of drug-likeness (QED) is 0.443. The lowest BCUT2D eigenvalue weighted by Gasteiger charge is -2.07. The van der Waals surface area contributed by atoms with Crippen LogP contribution in [0.5, 0.6) is 0 Å². The van der Waals surface area contributed by atoms with Crippen molar-refractivity contribution in [1.82, 2.24) is 4.98 Å². The maximum Gasteiger partial charge on any atom is 0.350 e. The number of methoxy groups -OCH3 is 2. The summed E-state index contributed by atoms with van der Waals surface area (Å²) in [5.74, 6) is -2.16. The van der Waals surface area contributed by atoms with E-state index in [0.717, 1.165) is 33.9 Å². The van der Waals surface area contributed by atoms with E-state index in [9.17, 15) is 14.4 Å². The molecule has 4 N–H and O–H groups in total. The highest BCUT2D eigenvalue weighted by Gasteiger charge is 2.29. The van der Waals surface area contributed by atoms with Crippen LogP contribution in [0.2, 0.25) is 0 Å². The zero-order valence-corrected chi connectivity index (χ0v) is 18.3. The van der Waals surface area contributed by atoms with E-state index in [2.05, 4.69) is 4.98 Å². The number of aromatic nitrogens is 1. The summed E-state index contributed by atoms with van der Waals surface area (Å²) in [6, 6.07) is 1.87. The number of hydrogen-bond donors (Lipinski definition) is 2. The minimum absolute atomic E-state index is 0.0341. The lowest BCUT2D eigenvalue weighted by molar-refractivity contribution is 0.0458. The molecule has 0 fully saturated rings. The molecule has 3 aromatic rings. The summed E-state index contributed by atoms with van der Waals surface area (Å²) in [6.45, 7) is 3.35. The van der Waals surface area contributed by atoms with Gasteiger partial charge in [-0.2, -0.15) is 0 Å². The number of nitrogen functional groups attached to an aromatic ring is 2. The molecule has 0 spiro atoms. The maximum atomic E-state index is 12.7. The summed E-state index contributed by atoms with van der Waals surface area (Å²) in [6.07, 6.45) is 0. The van der Waals surface area contributed by atoms with Crippen molar-refractivity contribution in [2.75, 3.05) is 25.7 Å². The zero-order chi connectivity index (χ0) is 22.2. The van der Waals surface area contributed by atoms with Crippen molar-refractivity contribution in [2.45, 2.75) is 20.5 Å². The van der Waals surface area contributed by atoms with E-state index >= 15 is 0 Å². The normalized spacial score (nSPS) is 10.8. The fraction of sp³-hybridized carbons (Fsp3) is 0.263. The van der Waals surface area contributed by atoms with Crippen LogP contribution in [0.1, 0.15) is 46.5 Å². The second-order valence-corrected chi connectivity index (χ2v) is 8.37. The monoisotopic (exact) mass is 449 g/mol. The van der Waals surface area contributed by atoms with Crippen molar-refractivity contribution in [2.24, 2.45) is 0 Å². The van der Waals surface area contributed by atoms with Gasteiger partial charge in [-0.25, -0.2) is 19.4 Å². The Balaban J connectivity index is 1.96. The third-order valence-corrected chi connectivity index (χ3v) is 6.47. The van der Waals surface area contributed by atoms with Gasteiger partial charge in [0.1, 0.15) is 31.8 Å². The highest BCUT2D eigenvalue weighted by Crippen LogP contribution is 2.37. The molecule has 0 amide bonds. The number of rotatable bonds is 5. The van der Waals surface area contributed by atoms with Gasteiger partial charge in [-0.3, -0.25) is 0 Å². The molecule has 0 atom stereocenters. The van der Waals surface area contributed by atoms with Gasteiger partial charge in [-0.1, -0.05) is 0 Å². The van der Waals surface area contributed by atoms with Crippen molar-refractivity contribution < 1.29 is 28.6 Å². The number of carbonyl (C=O) groups excluding carboxylic acids is 3. The number of fused-ring (bicyclic) bond motifs is 1. The Bertz CT molecular complexity index is 1180. The van der Waals surface area contributed by atoms with E-state index in [0.29, 0.717) is 10.2 Å². The highest BCUT2D eigenvalue weighted by atomic mass is 32.1. The summed E-state index contributed by atoms with van der Waals surface area (Å²) in [5.41, 5.74) is 14.1. The third-order valence-electron chi connectivity index (χ3n) is 4.35. The molecular weight excluding hydrogens is 430 g/mol. The molecule has 30 heavy (non-hydrogen) atoms. The van der Waals surface area contributed by atoms with Gasteiger partial charge in [0.05, 0.1) is 19.9 Å². The first-order chi connectivity index (χ1) is 14.2. The minimum Gasteiger partial charge on any atom is -0.465 e. The topological polar surface area (TPSA) is 144 Å². The van der Waals surface area contributed by atoms with E-state index in [1.165, 1.54) is 14.2 Å². The first-order valence-corrected chi connectivity index (χ1v) is 10.2. The van der Waals surface area contributed by atoms with Crippen LogP contribution in [-0.2, 0) is 20.8 Å². The Morgan fingerprint density at radius 2 is 1.67 bits per heavy atom. The molecule has 0 radical (unpaired) electrons. The number of nitrogens with zero attached hydrogens (tertiary/aromatic N) is 1. The van der Waals surface area contributed by atoms with Crippen molar-refractivity contribution in [3.05, 3.63) is 38.2 Å². The number of pyridine rings is 1. The molecule has 0 saturated carbocycles. The van der Waals surface area contributed by atoms with Crippen molar-refractivity contribution >= 4 is 61.5 Å². The van der Waals surface area contributed by atoms with Crippen LogP contribution in [0.15, 0.2) is 6.07 Å². The lowest BCUT2D eigenvalue weighted by Crippen LogP contribution is -2.12. The second-order valence-electron chi connectivity index (χ2n) is 6.31. The van der Waals surface area contributed by atoms with Gasteiger partial charge >= 0.3 is 17.9 Å². The molecule has 3 heterocycles. The van der Waals surface area contributed by atoms with E-state index in [-0.39, 0.29) is 38.2 Å². The summed E-state index contributed by atoms with van der Waals surface area (Å²) >= 11 is 1.97. The highest BCUT2D eigenvalue weighted by molar-refractivity contribution is 7.21. The number of esters is 3. The third kappa shape index (κ3) is 3.68. The number of thiophene rings is 2. The SMILES string of the molecule is COC(=O)c1sc(N)c(C(=O)OC)c1COC(=O)c1sc2nc(C)cc(C)c2c1N. The van der Waals surface area contributed by atoms with Gasteiger partial charge in [0.2, 0.25) is 0 Å². The zero-order valence-electron chi connectivity index (χ0n) is 16.7. The predicted octanol–water partition coefficient (Wildman–Crippen LogP) is 3.07. The Morgan fingerprint density at radius 1 is 1.00 bits per heavy atom. The Kier molecular flexibility index (Phi) is 5.94. The lowest BCUT2D eigenvalue weighted by atomic mass is 10.1. The van der Waals surface area contributed by atoms with Gasteiger partial charge < -0.3 is 25.7 Å². The maximum absolute atomic E-state index is 12.7. The number of nitrogens with two attached hydrogens (primary N) is 2. The van der Waals surface area contributed by atoms with Crippen molar-refractivity contribution in [1.29, 1.82) is 0 Å². The Hall–Kier alpha value is -3.18. The molecule has 0 aliphatic heterocycles. The first-order valence-electron chi connectivity index (χ1n) is 8.60. The van der Waals surface area contributed by atoms with E-state index in [4.69, 9.17) is 25.7 Å². The standard InChI is InChI=1S/C19H19N3O6S2/c1-7-5-8(2)22-16-10(7)12(20)14(30-16)19(25)28-6-9-11(17(23)26-3)15(21)29-13(9)18(24)27-4/h5H,6,20-21H2,1-4H3. The molecule has 11 heteroatoms. The molecule has 0 bridgehead atoms. The van der Waals surface area contributed by atoms with E-state index in [1.807, 2.05) is 19.9 Å². The average Bonchev–Trinajstić information content (AvgIpc) is 3.21. The largest absolute Gasteiger partial charge is 0.465 e. The Labute approximate surface area is 179 Å². The molecule has 3 rings (SSSR count). The molecule has 0 saturated heterocycles. The van der Waals surface area contributed by atoms with E-state index < -0.39 is 17.9 Å².